The molecule has 3 rings (SSSR count). The summed E-state index contributed by atoms with van der Waals surface area (Å²) in [6.45, 7) is 0. The molecule has 0 saturated carbocycles. The van der Waals surface area contributed by atoms with Gasteiger partial charge in [0, 0.05) is 11.9 Å². The van der Waals surface area contributed by atoms with E-state index in [1.807, 2.05) is 6.07 Å². The van der Waals surface area contributed by atoms with Crippen LogP contribution in [0.25, 0.3) is 17.0 Å². The third kappa shape index (κ3) is 1.52. The average molecular weight is 246 g/mol. The molecule has 0 spiro atoms. The van der Waals surface area contributed by atoms with Gasteiger partial charge in [-0.15, -0.1) is 10.2 Å². The second-order valence-corrected chi connectivity index (χ2v) is 3.93. The lowest BCUT2D eigenvalue weighted by molar-refractivity contribution is 0.936. The van der Waals surface area contributed by atoms with Gasteiger partial charge in [-0.2, -0.15) is 9.61 Å². The van der Waals surface area contributed by atoms with E-state index in [4.69, 9.17) is 17.3 Å². The molecule has 0 amide bonds. The summed E-state index contributed by atoms with van der Waals surface area (Å²) in [5.74, 6) is 0.545. The summed E-state index contributed by atoms with van der Waals surface area (Å²) < 4.78 is 1.61. The molecule has 5 nitrogen and oxygen atoms in total. The fourth-order valence-electron chi connectivity index (χ4n) is 1.68. The van der Waals surface area contributed by atoms with Gasteiger partial charge in [-0.25, -0.2) is 0 Å². The molecule has 84 valence electrons. The molecule has 2 aromatic heterocycles. The minimum absolute atomic E-state index is 0.532. The zero-order chi connectivity index (χ0) is 11.8. The van der Waals surface area contributed by atoms with Gasteiger partial charge in [0.25, 0.3) is 0 Å². The number of nitrogen functional groups attached to an aromatic ring is 1. The van der Waals surface area contributed by atoms with Crippen molar-refractivity contribution in [3.8, 4) is 11.4 Å². The maximum absolute atomic E-state index is 6.13. The number of nitrogens with two attached hydrogens (primary N) is 1. The van der Waals surface area contributed by atoms with Crippen LogP contribution in [-0.4, -0.2) is 19.8 Å². The van der Waals surface area contributed by atoms with Crippen LogP contribution in [0, 0.1) is 0 Å². The molecule has 1 aromatic carbocycles. The third-order valence-corrected chi connectivity index (χ3v) is 2.76. The van der Waals surface area contributed by atoms with Crippen LogP contribution in [0.2, 0.25) is 5.02 Å². The Morgan fingerprint density at radius 1 is 1.12 bits per heavy atom. The third-order valence-electron chi connectivity index (χ3n) is 2.45. The minimum Gasteiger partial charge on any atom is -0.398 e. The van der Waals surface area contributed by atoms with Gasteiger partial charge in [0.05, 0.1) is 10.6 Å². The first-order valence-electron chi connectivity index (χ1n) is 4.98. The second-order valence-electron chi connectivity index (χ2n) is 3.52. The summed E-state index contributed by atoms with van der Waals surface area (Å²) in [6.07, 6.45) is 1.66. The number of fused-ring (bicyclic) bond motifs is 1. The predicted molar refractivity (Wildman–Crippen MR) is 65.6 cm³/mol. The van der Waals surface area contributed by atoms with Gasteiger partial charge in [-0.1, -0.05) is 17.7 Å². The number of halogens is 1. The van der Waals surface area contributed by atoms with Crippen LogP contribution < -0.4 is 5.73 Å². The highest BCUT2D eigenvalue weighted by Gasteiger charge is 2.14. The Bertz CT molecular complexity index is 671. The van der Waals surface area contributed by atoms with Crippen LogP contribution in [0.3, 0.4) is 0 Å². The van der Waals surface area contributed by atoms with E-state index in [0.29, 0.717) is 27.7 Å². The van der Waals surface area contributed by atoms with E-state index in [0.717, 1.165) is 0 Å². The monoisotopic (exact) mass is 245 g/mol. The molecule has 0 aliphatic heterocycles. The molecule has 0 atom stereocenters. The molecule has 0 saturated heterocycles. The lowest BCUT2D eigenvalue weighted by atomic mass is 10.1. The van der Waals surface area contributed by atoms with Crippen molar-refractivity contribution in [2.75, 3.05) is 5.73 Å². The van der Waals surface area contributed by atoms with E-state index in [1.54, 1.807) is 35.0 Å². The minimum atomic E-state index is 0.532. The molecule has 2 N–H and O–H groups in total. The molecule has 0 bridgehead atoms. The summed E-state index contributed by atoms with van der Waals surface area (Å²) in [4.78, 5) is 0. The van der Waals surface area contributed by atoms with Crippen molar-refractivity contribution in [3.63, 3.8) is 0 Å². The predicted octanol–water partition coefficient (Wildman–Crippen LogP) is 2.03. The van der Waals surface area contributed by atoms with Crippen molar-refractivity contribution in [2.45, 2.75) is 0 Å². The quantitative estimate of drug-likeness (QED) is 0.666. The van der Waals surface area contributed by atoms with Crippen LogP contribution in [0.1, 0.15) is 0 Å². The molecule has 0 aliphatic rings. The van der Waals surface area contributed by atoms with Gasteiger partial charge in [-0.3, -0.25) is 0 Å². The zero-order valence-electron chi connectivity index (χ0n) is 8.71. The van der Waals surface area contributed by atoms with E-state index in [2.05, 4.69) is 15.3 Å². The summed E-state index contributed by atoms with van der Waals surface area (Å²) in [5.41, 5.74) is 7.77. The summed E-state index contributed by atoms with van der Waals surface area (Å²) in [5, 5.41) is 12.8. The Morgan fingerprint density at radius 2 is 2.00 bits per heavy atom. The van der Waals surface area contributed by atoms with Crippen molar-refractivity contribution >= 4 is 22.9 Å². The average Bonchev–Trinajstić information content (AvgIpc) is 2.73. The van der Waals surface area contributed by atoms with E-state index in [-0.39, 0.29) is 0 Å². The molecular formula is C11H8ClN5. The summed E-state index contributed by atoms with van der Waals surface area (Å²) in [6, 6.07) is 8.93. The Balaban J connectivity index is 2.35. The molecule has 0 radical (unpaired) electrons. The fraction of sp³-hybridized carbons (Fsp3) is 0. The SMILES string of the molecule is Nc1cccc(Cl)c1-c1nnc2cccnn12. The smallest absolute Gasteiger partial charge is 0.188 e. The zero-order valence-corrected chi connectivity index (χ0v) is 9.46. The van der Waals surface area contributed by atoms with Gasteiger partial charge in [0.1, 0.15) is 0 Å². The van der Waals surface area contributed by atoms with Gasteiger partial charge in [0.15, 0.2) is 11.5 Å². The van der Waals surface area contributed by atoms with Crippen LogP contribution in [-0.2, 0) is 0 Å². The molecule has 6 heteroatoms. The number of benzene rings is 1. The van der Waals surface area contributed by atoms with Gasteiger partial charge >= 0.3 is 0 Å². The van der Waals surface area contributed by atoms with Gasteiger partial charge < -0.3 is 5.73 Å². The van der Waals surface area contributed by atoms with E-state index in [9.17, 15) is 0 Å². The number of nitrogens with zero attached hydrogens (tertiary/aromatic N) is 4. The van der Waals surface area contributed by atoms with Crippen molar-refractivity contribution in [1.29, 1.82) is 0 Å². The topological polar surface area (TPSA) is 69.1 Å². The fourth-order valence-corrected chi connectivity index (χ4v) is 1.94. The number of anilines is 1. The number of aromatic nitrogens is 4. The first kappa shape index (κ1) is 10.0. The molecule has 17 heavy (non-hydrogen) atoms. The van der Waals surface area contributed by atoms with Crippen LogP contribution in [0.4, 0.5) is 5.69 Å². The Hall–Kier alpha value is -2.14. The van der Waals surface area contributed by atoms with Gasteiger partial charge in [-0.05, 0) is 24.3 Å². The highest BCUT2D eigenvalue weighted by atomic mass is 35.5. The van der Waals surface area contributed by atoms with E-state index < -0.39 is 0 Å². The van der Waals surface area contributed by atoms with Crippen LogP contribution in [0.5, 0.6) is 0 Å². The van der Waals surface area contributed by atoms with E-state index >= 15 is 0 Å². The first-order chi connectivity index (χ1) is 8.27. The number of hydrogen-bond acceptors (Lipinski definition) is 4. The molecule has 0 unspecified atom stereocenters. The van der Waals surface area contributed by atoms with Crippen molar-refractivity contribution in [1.82, 2.24) is 19.8 Å². The molecule has 0 aliphatic carbocycles. The standard InChI is InChI=1S/C11H8ClN5/c12-7-3-1-4-8(13)10(7)11-16-15-9-5-2-6-14-17(9)11/h1-6H,13H2. The molecule has 3 aromatic rings. The summed E-state index contributed by atoms with van der Waals surface area (Å²) >= 11 is 6.13. The van der Waals surface area contributed by atoms with E-state index in [1.165, 1.54) is 0 Å². The Kier molecular flexibility index (Phi) is 2.19. The highest BCUT2D eigenvalue weighted by molar-refractivity contribution is 6.33. The number of hydrogen-bond donors (Lipinski definition) is 1. The molecular weight excluding hydrogens is 238 g/mol. The Morgan fingerprint density at radius 3 is 2.82 bits per heavy atom. The van der Waals surface area contributed by atoms with Crippen molar-refractivity contribution in [3.05, 3.63) is 41.6 Å². The maximum Gasteiger partial charge on any atom is 0.188 e. The Labute approximate surface area is 102 Å². The second kappa shape index (κ2) is 3.71. The lowest BCUT2D eigenvalue weighted by Crippen LogP contribution is -1.97. The van der Waals surface area contributed by atoms with Crippen molar-refractivity contribution in [2.24, 2.45) is 0 Å². The molecule has 2 heterocycles. The largest absolute Gasteiger partial charge is 0.398 e. The summed E-state index contributed by atoms with van der Waals surface area (Å²) in [7, 11) is 0. The molecule has 0 fully saturated rings. The van der Waals surface area contributed by atoms with Crippen molar-refractivity contribution < 1.29 is 0 Å². The van der Waals surface area contributed by atoms with Crippen LogP contribution >= 0.6 is 11.6 Å². The van der Waals surface area contributed by atoms with Gasteiger partial charge in [0.2, 0.25) is 0 Å². The highest BCUT2D eigenvalue weighted by Crippen LogP contribution is 2.31. The van der Waals surface area contributed by atoms with Crippen LogP contribution in [0.15, 0.2) is 36.5 Å². The number of rotatable bonds is 1. The first-order valence-corrected chi connectivity index (χ1v) is 5.36. The maximum atomic E-state index is 6.13. The lowest BCUT2D eigenvalue weighted by Gasteiger charge is -2.04. The normalized spacial score (nSPS) is 10.9.